The molecule has 1 nitrogen and oxygen atoms in total. The summed E-state index contributed by atoms with van der Waals surface area (Å²) in [6, 6.07) is 19.3. The minimum absolute atomic E-state index is 0.0291. The van der Waals surface area contributed by atoms with Gasteiger partial charge < -0.3 is 0 Å². The molecule has 0 heterocycles. The summed E-state index contributed by atoms with van der Waals surface area (Å²) in [6.45, 7) is 1.99. The van der Waals surface area contributed by atoms with Gasteiger partial charge in [-0.3, -0.25) is 4.79 Å². The lowest BCUT2D eigenvalue weighted by atomic mass is 10.1. The van der Waals surface area contributed by atoms with E-state index in [-0.39, 0.29) is 5.78 Å². The quantitative estimate of drug-likeness (QED) is 0.441. The monoisotopic (exact) mass is 248 g/mol. The molecule has 2 aromatic rings. The molecular formula is C18H16O. The van der Waals surface area contributed by atoms with Crippen molar-refractivity contribution in [1.82, 2.24) is 0 Å². The van der Waals surface area contributed by atoms with Crippen molar-refractivity contribution in [3.63, 3.8) is 0 Å². The minimum Gasteiger partial charge on any atom is -0.289 e. The zero-order valence-corrected chi connectivity index (χ0v) is 10.9. The standard InChI is InChI=1S/C18H16O/c1-15(14-16-8-4-2-5-9-16)12-13-18(19)17-10-6-3-7-11-17/h2-14H,1H3/b13-12+,15-14+. The highest BCUT2D eigenvalue weighted by atomic mass is 16.1. The van der Waals surface area contributed by atoms with Crippen LogP contribution >= 0.6 is 0 Å². The van der Waals surface area contributed by atoms with Crippen LogP contribution in [0.3, 0.4) is 0 Å². The molecule has 0 aliphatic rings. The molecule has 0 aliphatic heterocycles. The van der Waals surface area contributed by atoms with Crippen molar-refractivity contribution in [3.05, 3.63) is 89.5 Å². The average Bonchev–Trinajstić information content (AvgIpc) is 2.47. The first-order valence-electron chi connectivity index (χ1n) is 6.26. The fourth-order valence-electron chi connectivity index (χ4n) is 1.77. The van der Waals surface area contributed by atoms with Gasteiger partial charge in [-0.25, -0.2) is 0 Å². The molecule has 1 heteroatoms. The van der Waals surface area contributed by atoms with Crippen LogP contribution < -0.4 is 0 Å². The van der Waals surface area contributed by atoms with Gasteiger partial charge in [-0.05, 0) is 18.6 Å². The summed E-state index contributed by atoms with van der Waals surface area (Å²) >= 11 is 0. The molecule has 94 valence electrons. The Bertz CT molecular complexity index is 592. The number of hydrogen-bond acceptors (Lipinski definition) is 1. The molecule has 2 rings (SSSR count). The molecule has 0 saturated carbocycles. The molecule has 0 bridgehead atoms. The smallest absolute Gasteiger partial charge is 0.185 e. The van der Waals surface area contributed by atoms with Gasteiger partial charge in [-0.1, -0.05) is 78.4 Å². The van der Waals surface area contributed by atoms with Crippen LogP contribution in [0.15, 0.2) is 78.4 Å². The minimum atomic E-state index is 0.0291. The maximum Gasteiger partial charge on any atom is 0.185 e. The van der Waals surface area contributed by atoms with Crippen LogP contribution in [0.1, 0.15) is 22.8 Å². The molecule has 2 aromatic carbocycles. The predicted molar refractivity (Wildman–Crippen MR) is 80.0 cm³/mol. The van der Waals surface area contributed by atoms with Crippen molar-refractivity contribution >= 4 is 11.9 Å². The molecule has 0 saturated heterocycles. The van der Waals surface area contributed by atoms with E-state index in [1.54, 1.807) is 6.08 Å². The Morgan fingerprint density at radius 1 is 0.842 bits per heavy atom. The van der Waals surface area contributed by atoms with E-state index in [4.69, 9.17) is 0 Å². The third-order valence-corrected chi connectivity index (χ3v) is 2.75. The van der Waals surface area contributed by atoms with Crippen molar-refractivity contribution < 1.29 is 4.79 Å². The summed E-state index contributed by atoms with van der Waals surface area (Å²) in [5.41, 5.74) is 2.90. The van der Waals surface area contributed by atoms with E-state index in [1.807, 2.05) is 73.7 Å². The van der Waals surface area contributed by atoms with Crippen molar-refractivity contribution in [3.8, 4) is 0 Å². The molecule has 0 spiro atoms. The Morgan fingerprint density at radius 2 is 1.42 bits per heavy atom. The molecule has 0 N–H and O–H groups in total. The average molecular weight is 248 g/mol. The van der Waals surface area contributed by atoms with Gasteiger partial charge in [-0.2, -0.15) is 0 Å². The molecular weight excluding hydrogens is 232 g/mol. The van der Waals surface area contributed by atoms with E-state index >= 15 is 0 Å². The fourth-order valence-corrected chi connectivity index (χ4v) is 1.77. The van der Waals surface area contributed by atoms with E-state index in [1.165, 1.54) is 0 Å². The van der Waals surface area contributed by atoms with Gasteiger partial charge in [0.05, 0.1) is 0 Å². The molecule has 0 aliphatic carbocycles. The third-order valence-electron chi connectivity index (χ3n) is 2.75. The molecule has 0 fully saturated rings. The van der Waals surface area contributed by atoms with E-state index in [0.717, 1.165) is 11.1 Å². The largest absolute Gasteiger partial charge is 0.289 e. The lowest BCUT2D eigenvalue weighted by Crippen LogP contribution is -1.92. The van der Waals surface area contributed by atoms with Crippen LogP contribution in [0.2, 0.25) is 0 Å². The van der Waals surface area contributed by atoms with Gasteiger partial charge in [0.2, 0.25) is 0 Å². The topological polar surface area (TPSA) is 17.1 Å². The summed E-state index contributed by atoms with van der Waals surface area (Å²) < 4.78 is 0. The first-order valence-corrected chi connectivity index (χ1v) is 6.26. The van der Waals surface area contributed by atoms with Crippen molar-refractivity contribution in [2.45, 2.75) is 6.92 Å². The van der Waals surface area contributed by atoms with E-state index < -0.39 is 0 Å². The number of ketones is 1. The summed E-state index contributed by atoms with van der Waals surface area (Å²) in [5.74, 6) is 0.0291. The van der Waals surface area contributed by atoms with Crippen LogP contribution in [0, 0.1) is 0 Å². The molecule has 19 heavy (non-hydrogen) atoms. The second-order valence-electron chi connectivity index (χ2n) is 4.36. The lowest BCUT2D eigenvalue weighted by molar-refractivity contribution is 0.104. The number of allylic oxidation sites excluding steroid dienone is 3. The second-order valence-corrected chi connectivity index (χ2v) is 4.36. The van der Waals surface area contributed by atoms with Crippen LogP contribution in [0.25, 0.3) is 6.08 Å². The summed E-state index contributed by atoms with van der Waals surface area (Å²) in [4.78, 5) is 11.9. The van der Waals surface area contributed by atoms with Crippen LogP contribution in [0.4, 0.5) is 0 Å². The highest BCUT2D eigenvalue weighted by Gasteiger charge is 1.98. The van der Waals surface area contributed by atoms with E-state index in [0.29, 0.717) is 5.56 Å². The second kappa shape index (κ2) is 6.50. The van der Waals surface area contributed by atoms with Gasteiger partial charge in [-0.15, -0.1) is 0 Å². The SMILES string of the molecule is CC(/C=C/C(=O)c1ccccc1)=C\c1ccccc1. The van der Waals surface area contributed by atoms with Crippen LogP contribution in [0.5, 0.6) is 0 Å². The number of rotatable bonds is 4. The third kappa shape index (κ3) is 4.07. The van der Waals surface area contributed by atoms with Gasteiger partial charge >= 0.3 is 0 Å². The van der Waals surface area contributed by atoms with Gasteiger partial charge in [0.25, 0.3) is 0 Å². The van der Waals surface area contributed by atoms with Crippen molar-refractivity contribution in [2.75, 3.05) is 0 Å². The predicted octanol–water partition coefficient (Wildman–Crippen LogP) is 4.53. The van der Waals surface area contributed by atoms with Crippen LogP contribution in [-0.2, 0) is 0 Å². The number of carbonyl (C=O) groups excluding carboxylic acids is 1. The molecule has 0 atom stereocenters. The molecule has 0 unspecified atom stereocenters. The number of benzene rings is 2. The zero-order chi connectivity index (χ0) is 13.5. The summed E-state index contributed by atoms with van der Waals surface area (Å²) in [7, 11) is 0. The molecule has 0 radical (unpaired) electrons. The fraction of sp³-hybridized carbons (Fsp3) is 0.0556. The molecule has 0 aromatic heterocycles. The number of carbonyl (C=O) groups is 1. The van der Waals surface area contributed by atoms with Crippen LogP contribution in [-0.4, -0.2) is 5.78 Å². The first kappa shape index (κ1) is 13.0. The Labute approximate surface area is 113 Å². The summed E-state index contributed by atoms with van der Waals surface area (Å²) in [6.07, 6.45) is 5.52. The lowest BCUT2D eigenvalue weighted by Gasteiger charge is -1.96. The van der Waals surface area contributed by atoms with E-state index in [9.17, 15) is 4.79 Å². The zero-order valence-electron chi connectivity index (χ0n) is 10.9. The highest BCUT2D eigenvalue weighted by molar-refractivity contribution is 6.04. The maximum absolute atomic E-state index is 11.9. The maximum atomic E-state index is 11.9. The number of hydrogen-bond donors (Lipinski definition) is 0. The van der Waals surface area contributed by atoms with E-state index in [2.05, 4.69) is 6.08 Å². The Kier molecular flexibility index (Phi) is 4.46. The van der Waals surface area contributed by atoms with Gasteiger partial charge in [0.15, 0.2) is 5.78 Å². The van der Waals surface area contributed by atoms with Gasteiger partial charge in [0, 0.05) is 5.56 Å². The van der Waals surface area contributed by atoms with Crippen molar-refractivity contribution in [2.24, 2.45) is 0 Å². The Morgan fingerprint density at radius 3 is 2.05 bits per heavy atom. The Hall–Kier alpha value is -2.41. The van der Waals surface area contributed by atoms with Gasteiger partial charge in [0.1, 0.15) is 0 Å². The van der Waals surface area contributed by atoms with Crippen molar-refractivity contribution in [1.29, 1.82) is 0 Å². The Balaban J connectivity index is 2.07. The normalized spacial score (nSPS) is 11.7. The highest BCUT2D eigenvalue weighted by Crippen LogP contribution is 2.08. The summed E-state index contributed by atoms with van der Waals surface area (Å²) in [5, 5.41) is 0. The first-order chi connectivity index (χ1) is 9.25. The molecule has 0 amide bonds.